The Hall–Kier alpha value is -4.66. The molecule has 9 nitrogen and oxygen atoms in total. The number of aryl methyl sites for hydroxylation is 1. The SMILES string of the molecule is CC(=NNc1cc(NN=C(C)c2ccncc2)nc(Nc2ccc(C)cc2)n1)c1ccncc1. The van der Waals surface area contributed by atoms with E-state index in [1.165, 1.54) is 5.56 Å². The number of rotatable bonds is 8. The first kappa shape index (κ1) is 22.5. The lowest BCUT2D eigenvalue weighted by Gasteiger charge is -2.10. The minimum atomic E-state index is 0.407. The Kier molecular flexibility index (Phi) is 7.14. The fourth-order valence-corrected chi connectivity index (χ4v) is 2.98. The van der Waals surface area contributed by atoms with Gasteiger partial charge in [0.25, 0.3) is 0 Å². The average Bonchev–Trinajstić information content (AvgIpc) is 2.88. The molecule has 0 radical (unpaired) electrons. The molecular formula is C25H25N9. The van der Waals surface area contributed by atoms with Gasteiger partial charge >= 0.3 is 0 Å². The van der Waals surface area contributed by atoms with Gasteiger partial charge in [0.1, 0.15) is 0 Å². The van der Waals surface area contributed by atoms with E-state index in [2.05, 4.69) is 46.3 Å². The van der Waals surface area contributed by atoms with Crippen LogP contribution in [0.1, 0.15) is 30.5 Å². The summed E-state index contributed by atoms with van der Waals surface area (Å²) in [5.41, 5.74) is 11.6. The summed E-state index contributed by atoms with van der Waals surface area (Å²) in [6.07, 6.45) is 6.92. The van der Waals surface area contributed by atoms with E-state index in [0.29, 0.717) is 17.6 Å². The summed E-state index contributed by atoms with van der Waals surface area (Å²) >= 11 is 0. The fourth-order valence-electron chi connectivity index (χ4n) is 2.98. The average molecular weight is 452 g/mol. The van der Waals surface area contributed by atoms with Crippen LogP contribution >= 0.6 is 0 Å². The molecule has 1 aromatic carbocycles. The van der Waals surface area contributed by atoms with E-state index < -0.39 is 0 Å². The summed E-state index contributed by atoms with van der Waals surface area (Å²) < 4.78 is 0. The molecule has 0 saturated carbocycles. The normalized spacial score (nSPS) is 11.7. The molecule has 0 spiro atoms. The Morgan fingerprint density at radius 3 is 1.62 bits per heavy atom. The number of nitrogens with zero attached hydrogens (tertiary/aromatic N) is 6. The molecule has 9 heteroatoms. The molecule has 0 aliphatic rings. The van der Waals surface area contributed by atoms with Gasteiger partial charge < -0.3 is 5.32 Å². The summed E-state index contributed by atoms with van der Waals surface area (Å²) in [4.78, 5) is 17.2. The quantitative estimate of drug-likeness (QED) is 0.255. The second-order valence-corrected chi connectivity index (χ2v) is 7.54. The van der Waals surface area contributed by atoms with E-state index in [4.69, 9.17) is 0 Å². The van der Waals surface area contributed by atoms with Crippen LogP contribution in [0, 0.1) is 6.92 Å². The monoisotopic (exact) mass is 451 g/mol. The summed E-state index contributed by atoms with van der Waals surface area (Å²) in [7, 11) is 0. The highest BCUT2D eigenvalue weighted by Gasteiger charge is 2.06. The number of anilines is 4. The first-order valence-electron chi connectivity index (χ1n) is 10.7. The van der Waals surface area contributed by atoms with Crippen molar-refractivity contribution in [2.45, 2.75) is 20.8 Å². The van der Waals surface area contributed by atoms with Gasteiger partial charge in [-0.3, -0.25) is 20.8 Å². The van der Waals surface area contributed by atoms with Crippen LogP contribution < -0.4 is 16.2 Å². The minimum absolute atomic E-state index is 0.407. The van der Waals surface area contributed by atoms with E-state index in [9.17, 15) is 0 Å². The third kappa shape index (κ3) is 6.19. The van der Waals surface area contributed by atoms with Crippen molar-refractivity contribution in [3.63, 3.8) is 0 Å². The molecule has 0 atom stereocenters. The molecule has 3 N–H and O–H groups in total. The summed E-state index contributed by atoms with van der Waals surface area (Å²) in [6, 6.07) is 17.3. The first-order chi connectivity index (χ1) is 16.6. The Morgan fingerprint density at radius 1 is 0.676 bits per heavy atom. The summed E-state index contributed by atoms with van der Waals surface area (Å²) in [5.74, 6) is 1.43. The molecule has 4 rings (SSSR count). The maximum Gasteiger partial charge on any atom is 0.231 e. The Balaban J connectivity index is 1.59. The van der Waals surface area contributed by atoms with Gasteiger partial charge in [-0.15, -0.1) is 0 Å². The van der Waals surface area contributed by atoms with Crippen molar-refractivity contribution < 1.29 is 0 Å². The van der Waals surface area contributed by atoms with Gasteiger partial charge in [0.15, 0.2) is 11.6 Å². The number of hydrogen-bond donors (Lipinski definition) is 3. The number of pyridine rings is 2. The molecule has 3 heterocycles. The minimum Gasteiger partial charge on any atom is -0.324 e. The van der Waals surface area contributed by atoms with Gasteiger partial charge in [0, 0.05) is 47.7 Å². The third-order valence-corrected chi connectivity index (χ3v) is 4.91. The van der Waals surface area contributed by atoms with Crippen molar-refractivity contribution in [1.29, 1.82) is 0 Å². The van der Waals surface area contributed by atoms with Gasteiger partial charge in [0.2, 0.25) is 5.95 Å². The van der Waals surface area contributed by atoms with Gasteiger partial charge in [-0.05, 0) is 57.2 Å². The topological polar surface area (TPSA) is 112 Å². The van der Waals surface area contributed by atoms with Crippen molar-refractivity contribution in [2.75, 3.05) is 16.2 Å². The lowest BCUT2D eigenvalue weighted by Crippen LogP contribution is -2.06. The molecule has 170 valence electrons. The zero-order valence-electron chi connectivity index (χ0n) is 19.2. The standard InChI is InChI=1S/C25H25N9/c1-17-4-6-22(7-5-17)28-25-29-23(33-31-18(2)20-8-12-26-13-9-20)16-24(30-25)34-32-19(3)21-10-14-27-15-11-21/h4-16H,1-3H3,(H3,28,29,30,33,34). The maximum atomic E-state index is 4.55. The molecule has 0 bridgehead atoms. The number of hydrazone groups is 2. The zero-order chi connectivity index (χ0) is 23.8. The number of benzene rings is 1. The smallest absolute Gasteiger partial charge is 0.231 e. The van der Waals surface area contributed by atoms with Crippen LogP contribution in [0.3, 0.4) is 0 Å². The molecule has 4 aromatic rings. The van der Waals surface area contributed by atoms with Crippen LogP contribution in [0.2, 0.25) is 0 Å². The van der Waals surface area contributed by atoms with Crippen LogP contribution in [-0.4, -0.2) is 31.4 Å². The number of nitrogens with one attached hydrogen (secondary N) is 3. The van der Waals surface area contributed by atoms with Crippen LogP contribution in [0.4, 0.5) is 23.3 Å². The van der Waals surface area contributed by atoms with Crippen LogP contribution in [-0.2, 0) is 0 Å². The van der Waals surface area contributed by atoms with Gasteiger partial charge in [0.05, 0.1) is 11.4 Å². The van der Waals surface area contributed by atoms with Crippen molar-refractivity contribution in [3.05, 3.63) is 96.1 Å². The second kappa shape index (κ2) is 10.8. The highest BCUT2D eigenvalue weighted by atomic mass is 15.4. The molecule has 0 saturated heterocycles. The molecular weight excluding hydrogens is 426 g/mol. The third-order valence-electron chi connectivity index (χ3n) is 4.91. The summed E-state index contributed by atoms with van der Waals surface area (Å²) in [5, 5.41) is 12.2. The molecule has 0 amide bonds. The van der Waals surface area contributed by atoms with Crippen molar-refractivity contribution in [2.24, 2.45) is 10.2 Å². The van der Waals surface area contributed by atoms with E-state index in [0.717, 1.165) is 28.2 Å². The highest BCUT2D eigenvalue weighted by Crippen LogP contribution is 2.19. The van der Waals surface area contributed by atoms with Crippen molar-refractivity contribution in [1.82, 2.24) is 19.9 Å². The van der Waals surface area contributed by atoms with E-state index in [-0.39, 0.29) is 0 Å². The predicted octanol–water partition coefficient (Wildman–Crippen LogP) is 4.99. The molecule has 3 aromatic heterocycles. The van der Waals surface area contributed by atoms with E-state index in [1.807, 2.05) is 69.3 Å². The largest absolute Gasteiger partial charge is 0.324 e. The first-order valence-corrected chi connectivity index (χ1v) is 10.7. The van der Waals surface area contributed by atoms with Gasteiger partial charge in [-0.25, -0.2) is 0 Å². The summed E-state index contributed by atoms with van der Waals surface area (Å²) in [6.45, 7) is 5.87. The second-order valence-electron chi connectivity index (χ2n) is 7.54. The van der Waals surface area contributed by atoms with Crippen molar-refractivity contribution >= 4 is 34.7 Å². The number of hydrogen-bond acceptors (Lipinski definition) is 9. The van der Waals surface area contributed by atoms with E-state index in [1.54, 1.807) is 30.9 Å². The maximum absolute atomic E-state index is 4.55. The fraction of sp³-hybridized carbons (Fsp3) is 0.120. The molecule has 0 fully saturated rings. The Labute approximate surface area is 198 Å². The zero-order valence-corrected chi connectivity index (χ0v) is 19.2. The molecule has 34 heavy (non-hydrogen) atoms. The predicted molar refractivity (Wildman–Crippen MR) is 137 cm³/mol. The van der Waals surface area contributed by atoms with Gasteiger partial charge in [-0.2, -0.15) is 20.2 Å². The lowest BCUT2D eigenvalue weighted by atomic mass is 10.2. The highest BCUT2D eigenvalue weighted by molar-refractivity contribution is 5.99. The van der Waals surface area contributed by atoms with Crippen LogP contribution in [0.25, 0.3) is 0 Å². The molecule has 0 aliphatic carbocycles. The Bertz CT molecular complexity index is 1210. The van der Waals surface area contributed by atoms with Crippen molar-refractivity contribution in [3.8, 4) is 0 Å². The van der Waals surface area contributed by atoms with Crippen LogP contribution in [0.15, 0.2) is 89.6 Å². The molecule has 0 unspecified atom stereocenters. The van der Waals surface area contributed by atoms with E-state index >= 15 is 0 Å². The lowest BCUT2D eigenvalue weighted by molar-refractivity contribution is 1.12. The van der Waals surface area contributed by atoms with Gasteiger partial charge in [-0.1, -0.05) is 17.7 Å². The van der Waals surface area contributed by atoms with Crippen LogP contribution in [0.5, 0.6) is 0 Å². The Morgan fingerprint density at radius 2 is 1.15 bits per heavy atom. The number of aromatic nitrogens is 4. The molecule has 0 aliphatic heterocycles.